The Bertz CT molecular complexity index is 612. The maximum absolute atomic E-state index is 11.5. The number of epoxide rings is 1. The first kappa shape index (κ1) is 16.5. The zero-order chi connectivity index (χ0) is 17.5. The summed E-state index contributed by atoms with van der Waals surface area (Å²) in [5.74, 6) is -0.437. The van der Waals surface area contributed by atoms with Crippen molar-refractivity contribution in [2.45, 2.75) is 63.3 Å². The zero-order valence-corrected chi connectivity index (χ0v) is 14.1. The standard InChI is InChI=1S/C17H24O7/c1-8-4-11-16(5-10(8)19,6-22-9(2)18)15(3)13(21)12(20)14(24-11)17(15)7-23-17/h4,10-14,19-21H,5-7H2,1-3H3/t10-,11+,12+,13+,14+,15+,16+,17+/m0/s1. The molecule has 2 heterocycles. The second-order valence-electron chi connectivity index (χ2n) is 7.86. The maximum atomic E-state index is 11.5. The van der Waals surface area contributed by atoms with Gasteiger partial charge in [-0.3, -0.25) is 4.79 Å². The lowest BCUT2D eigenvalue weighted by Crippen LogP contribution is -2.67. The minimum absolute atomic E-state index is 0.00799. The van der Waals surface area contributed by atoms with Crippen LogP contribution in [0, 0.1) is 10.8 Å². The van der Waals surface area contributed by atoms with Gasteiger partial charge >= 0.3 is 5.97 Å². The van der Waals surface area contributed by atoms with Gasteiger partial charge < -0.3 is 29.5 Å². The fourth-order valence-electron chi connectivity index (χ4n) is 5.26. The van der Waals surface area contributed by atoms with Gasteiger partial charge in [0.2, 0.25) is 0 Å². The van der Waals surface area contributed by atoms with Crippen molar-refractivity contribution in [3.63, 3.8) is 0 Å². The molecule has 0 aromatic carbocycles. The Labute approximate surface area is 140 Å². The normalized spacial score (nSPS) is 55.1. The number of rotatable bonds is 2. The molecule has 4 rings (SSSR count). The van der Waals surface area contributed by atoms with Gasteiger partial charge in [-0.05, 0) is 18.9 Å². The predicted octanol–water partition coefficient (Wildman–Crippen LogP) is -0.475. The van der Waals surface area contributed by atoms with E-state index in [2.05, 4.69) is 0 Å². The van der Waals surface area contributed by atoms with Crippen molar-refractivity contribution in [1.82, 2.24) is 0 Å². The van der Waals surface area contributed by atoms with Crippen molar-refractivity contribution in [3.8, 4) is 0 Å². The fourth-order valence-corrected chi connectivity index (χ4v) is 5.26. The number of aliphatic hydroxyl groups is 3. The molecule has 8 atom stereocenters. The predicted molar refractivity (Wildman–Crippen MR) is 80.9 cm³/mol. The van der Waals surface area contributed by atoms with Crippen LogP contribution in [0.4, 0.5) is 0 Å². The van der Waals surface area contributed by atoms with Gasteiger partial charge in [0.1, 0.15) is 24.4 Å². The molecule has 0 amide bonds. The highest BCUT2D eigenvalue weighted by Gasteiger charge is 2.85. The Kier molecular flexibility index (Phi) is 3.29. The molecule has 24 heavy (non-hydrogen) atoms. The van der Waals surface area contributed by atoms with E-state index in [0.29, 0.717) is 6.61 Å². The summed E-state index contributed by atoms with van der Waals surface area (Å²) in [7, 11) is 0. The molecule has 2 aliphatic heterocycles. The average Bonchev–Trinajstić information content (AvgIpc) is 3.30. The largest absolute Gasteiger partial charge is 0.465 e. The Balaban J connectivity index is 1.87. The van der Waals surface area contributed by atoms with E-state index in [1.165, 1.54) is 6.92 Å². The van der Waals surface area contributed by atoms with Crippen molar-refractivity contribution in [1.29, 1.82) is 0 Å². The second kappa shape index (κ2) is 4.80. The average molecular weight is 340 g/mol. The van der Waals surface area contributed by atoms with E-state index in [1.54, 1.807) is 0 Å². The first-order chi connectivity index (χ1) is 11.2. The van der Waals surface area contributed by atoms with Crippen LogP contribution in [0.1, 0.15) is 27.2 Å². The number of hydrogen-bond acceptors (Lipinski definition) is 7. The van der Waals surface area contributed by atoms with Crippen LogP contribution in [0.15, 0.2) is 11.6 Å². The molecule has 3 fully saturated rings. The molecule has 2 bridgehead atoms. The first-order valence-corrected chi connectivity index (χ1v) is 8.35. The smallest absolute Gasteiger partial charge is 0.302 e. The van der Waals surface area contributed by atoms with E-state index in [1.807, 2.05) is 19.9 Å². The van der Waals surface area contributed by atoms with Crippen molar-refractivity contribution >= 4 is 5.97 Å². The second-order valence-corrected chi connectivity index (χ2v) is 7.86. The van der Waals surface area contributed by atoms with Crippen LogP contribution in [0.5, 0.6) is 0 Å². The third-order valence-electron chi connectivity index (χ3n) is 6.92. The molecule has 0 unspecified atom stereocenters. The lowest BCUT2D eigenvalue weighted by atomic mass is 9.51. The number of ether oxygens (including phenoxy) is 3. The number of carbonyl (C=O) groups excluding carboxylic acids is 1. The molecule has 0 radical (unpaired) electrons. The molecule has 7 nitrogen and oxygen atoms in total. The van der Waals surface area contributed by atoms with Crippen LogP contribution < -0.4 is 0 Å². The van der Waals surface area contributed by atoms with Crippen LogP contribution >= 0.6 is 0 Å². The maximum Gasteiger partial charge on any atom is 0.302 e. The molecule has 0 aromatic rings. The fraction of sp³-hybridized carbons (Fsp3) is 0.824. The molecule has 4 aliphatic rings. The molecule has 1 spiro atoms. The summed E-state index contributed by atoms with van der Waals surface area (Å²) in [6.07, 6.45) is -1.92. The van der Waals surface area contributed by atoms with Crippen molar-refractivity contribution in [3.05, 3.63) is 11.6 Å². The van der Waals surface area contributed by atoms with Crippen LogP contribution in [0.25, 0.3) is 0 Å². The van der Waals surface area contributed by atoms with E-state index in [4.69, 9.17) is 14.2 Å². The van der Waals surface area contributed by atoms with Crippen LogP contribution in [0.2, 0.25) is 0 Å². The molecule has 3 N–H and O–H groups in total. The highest BCUT2D eigenvalue weighted by molar-refractivity contribution is 5.66. The minimum Gasteiger partial charge on any atom is -0.465 e. The molecule has 0 aromatic heterocycles. The van der Waals surface area contributed by atoms with E-state index in [9.17, 15) is 20.1 Å². The molecule has 2 aliphatic carbocycles. The number of hydrogen-bond donors (Lipinski definition) is 3. The van der Waals surface area contributed by atoms with Gasteiger partial charge in [-0.25, -0.2) is 0 Å². The summed E-state index contributed by atoms with van der Waals surface area (Å²) in [6, 6.07) is 0. The number of esters is 1. The van der Waals surface area contributed by atoms with Crippen LogP contribution in [-0.2, 0) is 19.0 Å². The summed E-state index contributed by atoms with van der Waals surface area (Å²) in [4.78, 5) is 11.5. The molecule has 2 saturated heterocycles. The molecule has 134 valence electrons. The Morgan fingerprint density at radius 2 is 2.08 bits per heavy atom. The summed E-state index contributed by atoms with van der Waals surface area (Å²) >= 11 is 0. The van der Waals surface area contributed by atoms with E-state index in [0.717, 1.165) is 5.57 Å². The summed E-state index contributed by atoms with van der Waals surface area (Å²) in [6.45, 7) is 5.36. The van der Waals surface area contributed by atoms with Gasteiger partial charge in [-0.15, -0.1) is 0 Å². The molecule has 1 saturated carbocycles. The quantitative estimate of drug-likeness (QED) is 0.354. The van der Waals surface area contributed by atoms with Gasteiger partial charge in [-0.2, -0.15) is 0 Å². The Morgan fingerprint density at radius 1 is 1.42 bits per heavy atom. The zero-order valence-electron chi connectivity index (χ0n) is 14.1. The number of fused-ring (bicyclic) bond motifs is 2. The van der Waals surface area contributed by atoms with Crippen molar-refractivity contribution in [2.24, 2.45) is 10.8 Å². The topological polar surface area (TPSA) is 109 Å². The minimum atomic E-state index is -1.09. The summed E-state index contributed by atoms with van der Waals surface area (Å²) < 4.78 is 17.2. The lowest BCUT2D eigenvalue weighted by molar-refractivity contribution is -0.237. The van der Waals surface area contributed by atoms with Crippen LogP contribution in [-0.4, -0.2) is 70.6 Å². The third-order valence-corrected chi connectivity index (χ3v) is 6.92. The van der Waals surface area contributed by atoms with Gasteiger partial charge in [0, 0.05) is 17.8 Å². The van der Waals surface area contributed by atoms with Crippen LogP contribution in [0.3, 0.4) is 0 Å². The highest BCUT2D eigenvalue weighted by atomic mass is 16.6. The number of aliphatic hydroxyl groups excluding tert-OH is 3. The number of carbonyl (C=O) groups is 1. The first-order valence-electron chi connectivity index (χ1n) is 8.35. The monoisotopic (exact) mass is 340 g/mol. The van der Waals surface area contributed by atoms with Gasteiger partial charge in [0.15, 0.2) is 0 Å². The van der Waals surface area contributed by atoms with Crippen molar-refractivity contribution in [2.75, 3.05) is 13.2 Å². The van der Waals surface area contributed by atoms with Gasteiger partial charge in [-0.1, -0.05) is 13.0 Å². The van der Waals surface area contributed by atoms with Gasteiger partial charge in [0.25, 0.3) is 0 Å². The van der Waals surface area contributed by atoms with Crippen molar-refractivity contribution < 1.29 is 34.3 Å². The van der Waals surface area contributed by atoms with E-state index >= 15 is 0 Å². The summed E-state index contributed by atoms with van der Waals surface area (Å²) in [5.41, 5.74) is -1.80. The third kappa shape index (κ3) is 1.67. The summed E-state index contributed by atoms with van der Waals surface area (Å²) in [5, 5.41) is 31.9. The molecular weight excluding hydrogens is 316 g/mol. The molecule has 7 heteroatoms. The highest BCUT2D eigenvalue weighted by Crippen LogP contribution is 2.71. The lowest BCUT2D eigenvalue weighted by Gasteiger charge is -2.58. The Hall–Kier alpha value is -0.990. The van der Waals surface area contributed by atoms with E-state index < -0.39 is 52.9 Å². The Morgan fingerprint density at radius 3 is 2.67 bits per heavy atom. The van der Waals surface area contributed by atoms with Gasteiger partial charge in [0.05, 0.1) is 24.9 Å². The SMILES string of the molecule is CC(=O)OC[C@]12C[C@H](O)C(C)=C[C@H]1O[C@@H]1[C@H](O)[C@@H](O)[C@@]2(C)[C@@]12CO2. The van der Waals surface area contributed by atoms with E-state index in [-0.39, 0.29) is 13.0 Å². The molecular formula is C17H24O7.